The van der Waals surface area contributed by atoms with Gasteiger partial charge in [-0.1, -0.05) is 27.2 Å². The lowest BCUT2D eigenvalue weighted by Gasteiger charge is -2.27. The van der Waals surface area contributed by atoms with E-state index in [0.29, 0.717) is 5.92 Å². The topological polar surface area (TPSA) is 47.6 Å². The van der Waals surface area contributed by atoms with Crippen molar-refractivity contribution in [1.82, 2.24) is 5.32 Å². The Morgan fingerprint density at radius 1 is 1.30 bits per heavy atom. The quantitative estimate of drug-likeness (QED) is 0.442. The molecule has 0 heterocycles. The molecule has 0 spiro atoms. The first-order valence-corrected chi connectivity index (χ1v) is 7.91. The van der Waals surface area contributed by atoms with Gasteiger partial charge in [-0.2, -0.15) is 0 Å². The first-order valence-electron chi connectivity index (χ1n) is 7.91. The third-order valence-corrected chi connectivity index (χ3v) is 3.60. The molecule has 2 atom stereocenters. The second-order valence-corrected chi connectivity index (χ2v) is 5.78. The van der Waals surface area contributed by atoms with Crippen molar-refractivity contribution < 1.29 is 14.3 Å². The molecule has 20 heavy (non-hydrogen) atoms. The minimum atomic E-state index is -0.570. The molecule has 0 aliphatic heterocycles. The van der Waals surface area contributed by atoms with Crippen LogP contribution in [-0.2, 0) is 14.3 Å². The third-order valence-electron chi connectivity index (χ3n) is 3.60. The summed E-state index contributed by atoms with van der Waals surface area (Å²) in [7, 11) is 1.44. The van der Waals surface area contributed by atoms with Crippen LogP contribution in [0.15, 0.2) is 0 Å². The number of nitrogens with one attached hydrogen (secondary N) is 1. The number of hydrogen-bond acceptors (Lipinski definition) is 4. The maximum Gasteiger partial charge on any atom is 0.325 e. The van der Waals surface area contributed by atoms with E-state index < -0.39 is 5.54 Å². The molecule has 0 saturated heterocycles. The Labute approximate surface area is 124 Å². The Bertz CT molecular complexity index is 258. The summed E-state index contributed by atoms with van der Waals surface area (Å²) in [6, 6.07) is 0. The van der Waals surface area contributed by atoms with E-state index in [9.17, 15) is 4.79 Å². The first-order chi connectivity index (χ1) is 9.50. The van der Waals surface area contributed by atoms with Gasteiger partial charge < -0.3 is 14.8 Å². The second kappa shape index (κ2) is 11.1. The highest BCUT2D eigenvalue weighted by Crippen LogP contribution is 2.16. The number of esters is 1. The normalized spacial score (nSPS) is 15.7. The van der Waals surface area contributed by atoms with Crippen molar-refractivity contribution in [2.45, 2.75) is 65.3 Å². The third kappa shape index (κ3) is 7.85. The van der Waals surface area contributed by atoms with Crippen LogP contribution in [0.1, 0.15) is 59.8 Å². The van der Waals surface area contributed by atoms with E-state index in [0.717, 1.165) is 39.0 Å². The molecule has 0 aromatic heterocycles. The first kappa shape index (κ1) is 19.4. The van der Waals surface area contributed by atoms with Gasteiger partial charge in [0.05, 0.1) is 7.11 Å². The van der Waals surface area contributed by atoms with Gasteiger partial charge >= 0.3 is 5.97 Å². The van der Waals surface area contributed by atoms with Gasteiger partial charge in [0.1, 0.15) is 5.54 Å². The Morgan fingerprint density at radius 2 is 2.00 bits per heavy atom. The highest BCUT2D eigenvalue weighted by Gasteiger charge is 2.32. The Morgan fingerprint density at radius 3 is 2.55 bits per heavy atom. The fourth-order valence-corrected chi connectivity index (χ4v) is 2.42. The minimum Gasteiger partial charge on any atom is -0.468 e. The number of ether oxygens (including phenoxy) is 2. The lowest BCUT2D eigenvalue weighted by atomic mass is 9.95. The van der Waals surface area contributed by atoms with Gasteiger partial charge in [0.15, 0.2) is 0 Å². The molecule has 120 valence electrons. The molecule has 1 N–H and O–H groups in total. The van der Waals surface area contributed by atoms with Crippen molar-refractivity contribution in [3.63, 3.8) is 0 Å². The molecule has 0 fully saturated rings. The maximum atomic E-state index is 11.8. The molecule has 2 unspecified atom stereocenters. The monoisotopic (exact) mass is 287 g/mol. The SMILES string of the molecule is CCCC(C)COCCCCC(C)(NCC)C(=O)OC. The van der Waals surface area contributed by atoms with E-state index in [1.54, 1.807) is 0 Å². The molecule has 0 amide bonds. The number of methoxy groups -OCH3 is 1. The second-order valence-electron chi connectivity index (χ2n) is 5.78. The number of carbonyl (C=O) groups is 1. The Kier molecular flexibility index (Phi) is 10.8. The Balaban J connectivity index is 3.82. The number of likely N-dealkylation sites (N-methyl/N-ethyl adjacent to an activating group) is 1. The van der Waals surface area contributed by atoms with Crippen molar-refractivity contribution in [3.05, 3.63) is 0 Å². The van der Waals surface area contributed by atoms with Crippen molar-refractivity contribution >= 4 is 5.97 Å². The van der Waals surface area contributed by atoms with Gasteiger partial charge in [0.2, 0.25) is 0 Å². The maximum absolute atomic E-state index is 11.8. The van der Waals surface area contributed by atoms with Gasteiger partial charge in [0, 0.05) is 13.2 Å². The van der Waals surface area contributed by atoms with Crippen molar-refractivity contribution in [2.75, 3.05) is 26.9 Å². The van der Waals surface area contributed by atoms with Crippen LogP contribution in [-0.4, -0.2) is 38.4 Å². The number of unbranched alkanes of at least 4 members (excludes halogenated alkanes) is 1. The van der Waals surface area contributed by atoms with Crippen LogP contribution in [0.3, 0.4) is 0 Å². The van der Waals surface area contributed by atoms with Crippen LogP contribution >= 0.6 is 0 Å². The predicted molar refractivity (Wildman–Crippen MR) is 82.8 cm³/mol. The van der Waals surface area contributed by atoms with Crippen LogP contribution < -0.4 is 5.32 Å². The zero-order valence-electron chi connectivity index (χ0n) is 14.0. The highest BCUT2D eigenvalue weighted by molar-refractivity contribution is 5.80. The van der Waals surface area contributed by atoms with E-state index in [-0.39, 0.29) is 5.97 Å². The summed E-state index contributed by atoms with van der Waals surface area (Å²) in [5.74, 6) is 0.457. The average Bonchev–Trinajstić information content (AvgIpc) is 2.42. The van der Waals surface area contributed by atoms with Gasteiger partial charge in [0.25, 0.3) is 0 Å². The summed E-state index contributed by atoms with van der Waals surface area (Å²) in [6.45, 7) is 10.7. The molecule has 0 aliphatic carbocycles. The van der Waals surface area contributed by atoms with Crippen LogP contribution in [0.2, 0.25) is 0 Å². The zero-order valence-corrected chi connectivity index (χ0v) is 14.0. The lowest BCUT2D eigenvalue weighted by molar-refractivity contribution is -0.148. The van der Waals surface area contributed by atoms with E-state index >= 15 is 0 Å². The summed E-state index contributed by atoms with van der Waals surface area (Å²) in [4.78, 5) is 11.8. The Hall–Kier alpha value is -0.610. The van der Waals surface area contributed by atoms with Gasteiger partial charge in [-0.3, -0.25) is 4.79 Å². The molecule has 0 aliphatic rings. The summed E-state index contributed by atoms with van der Waals surface area (Å²) in [5, 5.41) is 3.22. The van der Waals surface area contributed by atoms with Crippen molar-refractivity contribution in [3.8, 4) is 0 Å². The molecular weight excluding hydrogens is 254 g/mol. The van der Waals surface area contributed by atoms with Gasteiger partial charge in [-0.25, -0.2) is 0 Å². The molecule has 4 heteroatoms. The highest BCUT2D eigenvalue weighted by atomic mass is 16.5. The van der Waals surface area contributed by atoms with Crippen LogP contribution in [0.25, 0.3) is 0 Å². The summed E-state index contributed by atoms with van der Waals surface area (Å²) < 4.78 is 10.5. The number of rotatable bonds is 12. The molecule has 0 aromatic rings. The smallest absolute Gasteiger partial charge is 0.325 e. The average molecular weight is 287 g/mol. The fourth-order valence-electron chi connectivity index (χ4n) is 2.42. The van der Waals surface area contributed by atoms with Gasteiger partial charge in [-0.15, -0.1) is 0 Å². The standard InChI is InChI=1S/C16H33NO3/c1-6-10-14(3)13-20-12-9-8-11-16(4,17-7-2)15(18)19-5/h14,17H,6-13H2,1-5H3. The van der Waals surface area contributed by atoms with Crippen LogP contribution in [0, 0.1) is 5.92 Å². The van der Waals surface area contributed by atoms with Gasteiger partial charge in [-0.05, 0) is 45.1 Å². The summed E-state index contributed by atoms with van der Waals surface area (Å²) >= 11 is 0. The summed E-state index contributed by atoms with van der Waals surface area (Å²) in [6.07, 6.45) is 5.16. The zero-order chi connectivity index (χ0) is 15.4. The van der Waals surface area contributed by atoms with E-state index in [4.69, 9.17) is 9.47 Å². The molecule has 0 saturated carbocycles. The van der Waals surface area contributed by atoms with Crippen LogP contribution in [0.4, 0.5) is 0 Å². The molecule has 4 nitrogen and oxygen atoms in total. The van der Waals surface area contributed by atoms with Crippen LogP contribution in [0.5, 0.6) is 0 Å². The van der Waals surface area contributed by atoms with E-state index in [1.807, 2.05) is 13.8 Å². The molecule has 0 aromatic carbocycles. The van der Waals surface area contributed by atoms with Crippen molar-refractivity contribution in [1.29, 1.82) is 0 Å². The molecule has 0 radical (unpaired) electrons. The summed E-state index contributed by atoms with van der Waals surface area (Å²) in [5.41, 5.74) is -0.570. The number of carbonyl (C=O) groups excluding carboxylic acids is 1. The molecular formula is C16H33NO3. The van der Waals surface area contributed by atoms with E-state index in [1.165, 1.54) is 20.0 Å². The largest absolute Gasteiger partial charge is 0.468 e. The van der Waals surface area contributed by atoms with Crippen molar-refractivity contribution in [2.24, 2.45) is 5.92 Å². The molecule has 0 bridgehead atoms. The lowest BCUT2D eigenvalue weighted by Crippen LogP contribution is -2.50. The predicted octanol–water partition coefficient (Wildman–Crippen LogP) is 3.15. The molecule has 0 rings (SSSR count). The van der Waals surface area contributed by atoms with E-state index in [2.05, 4.69) is 19.2 Å². The number of hydrogen-bond donors (Lipinski definition) is 1. The minimum absolute atomic E-state index is 0.183. The fraction of sp³-hybridized carbons (Fsp3) is 0.938.